The maximum absolute atomic E-state index is 11.3. The zero-order valence-electron chi connectivity index (χ0n) is 4.24. The average molecular weight is 161 g/mol. The number of thioether (sulfide) groups is 1. The van der Waals surface area contributed by atoms with Gasteiger partial charge in [0.25, 0.3) is 0 Å². The average Bonchev–Trinajstić information content (AvgIpc) is 1.66. The molecule has 0 saturated carbocycles. The van der Waals surface area contributed by atoms with Gasteiger partial charge in [0.05, 0.1) is 5.75 Å². The summed E-state index contributed by atoms with van der Waals surface area (Å²) in [6.45, 7) is 0. The van der Waals surface area contributed by atoms with Crippen LogP contribution in [0.25, 0.3) is 0 Å². The van der Waals surface area contributed by atoms with Crippen LogP contribution >= 0.6 is 23.4 Å². The van der Waals surface area contributed by atoms with Crippen LogP contribution in [0.15, 0.2) is 0 Å². The monoisotopic (exact) mass is 160 g/mol. The van der Waals surface area contributed by atoms with E-state index < -0.39 is 6.43 Å². The molecule has 0 spiro atoms. The molecule has 0 heterocycles. The lowest BCUT2D eigenvalue weighted by Gasteiger charge is -1.94. The SMILES string of the molecule is FC(F)CSCCCl. The molecule has 0 saturated heterocycles. The molecule has 0 amide bonds. The quantitative estimate of drug-likeness (QED) is 0.449. The highest BCUT2D eigenvalue weighted by Crippen LogP contribution is 2.06. The molecule has 0 N–H and O–H groups in total. The maximum Gasteiger partial charge on any atom is 0.247 e. The van der Waals surface area contributed by atoms with E-state index in [2.05, 4.69) is 0 Å². The standard InChI is InChI=1S/C4H7ClF2S/c5-1-2-8-3-4(6)7/h4H,1-3H2. The molecule has 0 fully saturated rings. The van der Waals surface area contributed by atoms with Gasteiger partial charge in [-0.1, -0.05) is 0 Å². The van der Waals surface area contributed by atoms with E-state index >= 15 is 0 Å². The first-order valence-electron chi connectivity index (χ1n) is 2.19. The van der Waals surface area contributed by atoms with Crippen molar-refractivity contribution >= 4 is 23.4 Å². The predicted octanol–water partition coefficient (Wildman–Crippen LogP) is 2.22. The van der Waals surface area contributed by atoms with Crippen molar-refractivity contribution in [3.05, 3.63) is 0 Å². The molecule has 0 radical (unpaired) electrons. The molecule has 0 aliphatic carbocycles. The molecule has 0 bridgehead atoms. The summed E-state index contributed by atoms with van der Waals surface area (Å²) in [6, 6.07) is 0. The fourth-order valence-corrected chi connectivity index (χ4v) is 1.01. The van der Waals surface area contributed by atoms with Gasteiger partial charge in [0.2, 0.25) is 6.43 Å². The molecule has 0 unspecified atom stereocenters. The van der Waals surface area contributed by atoms with Crippen molar-refractivity contribution < 1.29 is 8.78 Å². The summed E-state index contributed by atoms with van der Waals surface area (Å²) in [5.41, 5.74) is 0. The third-order valence-electron chi connectivity index (χ3n) is 0.465. The first-order valence-corrected chi connectivity index (χ1v) is 3.88. The zero-order chi connectivity index (χ0) is 6.41. The summed E-state index contributed by atoms with van der Waals surface area (Å²) in [6.07, 6.45) is -2.19. The lowest BCUT2D eigenvalue weighted by Crippen LogP contribution is -1.94. The first kappa shape index (κ1) is 8.50. The van der Waals surface area contributed by atoms with Crippen molar-refractivity contribution in [2.45, 2.75) is 6.43 Å². The summed E-state index contributed by atoms with van der Waals surface area (Å²) in [7, 11) is 0. The molecule has 4 heteroatoms. The van der Waals surface area contributed by atoms with Crippen molar-refractivity contribution in [1.29, 1.82) is 0 Å². The van der Waals surface area contributed by atoms with Crippen molar-refractivity contribution in [3.63, 3.8) is 0 Å². The van der Waals surface area contributed by atoms with Crippen LogP contribution in [0.3, 0.4) is 0 Å². The molecule has 50 valence electrons. The van der Waals surface area contributed by atoms with Crippen molar-refractivity contribution in [2.75, 3.05) is 17.4 Å². The highest BCUT2D eigenvalue weighted by molar-refractivity contribution is 7.99. The minimum atomic E-state index is -2.19. The summed E-state index contributed by atoms with van der Waals surface area (Å²) in [5.74, 6) is 0.982. The fourth-order valence-electron chi connectivity index (χ4n) is 0.227. The van der Waals surface area contributed by atoms with Gasteiger partial charge in [-0.25, -0.2) is 8.78 Å². The van der Waals surface area contributed by atoms with Crippen LogP contribution in [-0.4, -0.2) is 23.8 Å². The largest absolute Gasteiger partial charge is 0.247 e. The van der Waals surface area contributed by atoms with Crippen LogP contribution in [0.1, 0.15) is 0 Å². The molecule has 0 aromatic heterocycles. The Bertz CT molecular complexity index is 51.3. The van der Waals surface area contributed by atoms with E-state index in [4.69, 9.17) is 11.6 Å². The van der Waals surface area contributed by atoms with Gasteiger partial charge in [-0.3, -0.25) is 0 Å². The van der Waals surface area contributed by atoms with Crippen molar-refractivity contribution in [3.8, 4) is 0 Å². The molecular formula is C4H7ClF2S. The Morgan fingerprint density at radius 1 is 1.50 bits per heavy atom. The van der Waals surface area contributed by atoms with E-state index in [9.17, 15) is 8.78 Å². The van der Waals surface area contributed by atoms with Gasteiger partial charge in [0, 0.05) is 11.6 Å². The summed E-state index contributed by atoms with van der Waals surface area (Å²) < 4.78 is 22.6. The molecular weight excluding hydrogens is 154 g/mol. The molecule has 0 nitrogen and oxygen atoms in total. The Morgan fingerprint density at radius 3 is 2.50 bits per heavy atom. The van der Waals surface area contributed by atoms with Gasteiger partial charge < -0.3 is 0 Å². The third-order valence-corrected chi connectivity index (χ3v) is 1.86. The lowest BCUT2D eigenvalue weighted by molar-refractivity contribution is 0.177. The zero-order valence-corrected chi connectivity index (χ0v) is 5.81. The van der Waals surface area contributed by atoms with Crippen molar-refractivity contribution in [2.24, 2.45) is 0 Å². The van der Waals surface area contributed by atoms with Gasteiger partial charge in [0.15, 0.2) is 0 Å². The number of hydrogen-bond acceptors (Lipinski definition) is 1. The Kier molecular flexibility index (Phi) is 5.99. The Balaban J connectivity index is 2.72. The smallest absolute Gasteiger partial charge is 0.210 e. The Morgan fingerprint density at radius 2 is 2.12 bits per heavy atom. The topological polar surface area (TPSA) is 0 Å². The van der Waals surface area contributed by atoms with Gasteiger partial charge in [-0.05, 0) is 0 Å². The van der Waals surface area contributed by atoms with E-state index in [-0.39, 0.29) is 5.75 Å². The number of alkyl halides is 3. The minimum absolute atomic E-state index is 0.0906. The van der Waals surface area contributed by atoms with E-state index in [1.807, 2.05) is 0 Å². The van der Waals surface area contributed by atoms with E-state index in [1.165, 1.54) is 11.8 Å². The van der Waals surface area contributed by atoms with Gasteiger partial charge in [-0.15, -0.1) is 11.6 Å². The lowest BCUT2D eigenvalue weighted by atomic mass is 10.9. The molecule has 0 aromatic carbocycles. The maximum atomic E-state index is 11.3. The van der Waals surface area contributed by atoms with Crippen LogP contribution in [-0.2, 0) is 0 Å². The van der Waals surface area contributed by atoms with Crippen LogP contribution in [0, 0.1) is 0 Å². The highest BCUT2D eigenvalue weighted by atomic mass is 35.5. The Hall–Kier alpha value is 0.500. The van der Waals surface area contributed by atoms with Gasteiger partial charge in [-0.2, -0.15) is 11.8 Å². The summed E-state index contributed by atoms with van der Waals surface area (Å²) in [5, 5.41) is 0. The summed E-state index contributed by atoms with van der Waals surface area (Å²) in [4.78, 5) is 0. The van der Waals surface area contributed by atoms with Crippen LogP contribution in [0.2, 0.25) is 0 Å². The van der Waals surface area contributed by atoms with Gasteiger partial charge >= 0.3 is 0 Å². The first-order chi connectivity index (χ1) is 3.77. The fraction of sp³-hybridized carbons (Fsp3) is 1.00. The predicted molar refractivity (Wildman–Crippen MR) is 34.0 cm³/mol. The van der Waals surface area contributed by atoms with Gasteiger partial charge in [0.1, 0.15) is 0 Å². The summed E-state index contributed by atoms with van der Waals surface area (Å²) >= 11 is 6.40. The molecule has 0 aliphatic heterocycles. The number of rotatable bonds is 4. The second-order valence-electron chi connectivity index (χ2n) is 1.15. The van der Waals surface area contributed by atoms with Crippen LogP contribution < -0.4 is 0 Å². The number of hydrogen-bond donors (Lipinski definition) is 0. The molecule has 0 aliphatic rings. The Labute approximate surface area is 56.6 Å². The van der Waals surface area contributed by atoms with Crippen LogP contribution in [0.4, 0.5) is 8.78 Å². The van der Waals surface area contributed by atoms with E-state index in [1.54, 1.807) is 0 Å². The minimum Gasteiger partial charge on any atom is -0.210 e. The highest BCUT2D eigenvalue weighted by Gasteiger charge is 1.99. The second kappa shape index (κ2) is 5.63. The van der Waals surface area contributed by atoms with E-state index in [0.29, 0.717) is 11.6 Å². The third kappa shape index (κ3) is 6.50. The second-order valence-corrected chi connectivity index (χ2v) is 2.68. The normalized spacial score (nSPS) is 10.5. The molecule has 0 atom stereocenters. The van der Waals surface area contributed by atoms with Crippen LogP contribution in [0.5, 0.6) is 0 Å². The molecule has 8 heavy (non-hydrogen) atoms. The van der Waals surface area contributed by atoms with E-state index in [0.717, 1.165) is 0 Å². The number of halogens is 3. The molecule has 0 aromatic rings. The van der Waals surface area contributed by atoms with Crippen molar-refractivity contribution in [1.82, 2.24) is 0 Å². The molecule has 0 rings (SSSR count).